The van der Waals surface area contributed by atoms with Crippen LogP contribution in [0.2, 0.25) is 0 Å². The summed E-state index contributed by atoms with van der Waals surface area (Å²) in [5, 5.41) is 30.3. The maximum atomic E-state index is 12.2. The van der Waals surface area contributed by atoms with Gasteiger partial charge in [0.15, 0.2) is 11.3 Å². The van der Waals surface area contributed by atoms with Gasteiger partial charge in [0.05, 0.1) is 10.6 Å². The summed E-state index contributed by atoms with van der Waals surface area (Å²) >= 11 is 1.08. The van der Waals surface area contributed by atoms with E-state index in [-0.39, 0.29) is 28.1 Å². The molecule has 1 amide bonds. The van der Waals surface area contributed by atoms with Gasteiger partial charge in [-0.25, -0.2) is 14.6 Å². The highest BCUT2D eigenvalue weighted by Crippen LogP contribution is 2.30. The number of hydrogen-bond donors (Lipinski definition) is 4. The van der Waals surface area contributed by atoms with E-state index in [0.29, 0.717) is 16.2 Å². The zero-order chi connectivity index (χ0) is 21.8. The van der Waals surface area contributed by atoms with Crippen LogP contribution in [0.15, 0.2) is 52.4 Å². The molecule has 0 saturated carbocycles. The smallest absolute Gasteiger partial charge is 0.344 e. The van der Waals surface area contributed by atoms with Gasteiger partial charge in [-0.2, -0.15) is 0 Å². The first kappa shape index (κ1) is 20.9. The third-order valence-electron chi connectivity index (χ3n) is 3.93. The molecule has 0 aromatic heterocycles. The number of aromatic carboxylic acids is 1. The Hall–Kier alpha value is -3.79. The first-order chi connectivity index (χ1) is 14.2. The number of aliphatic carboxylic acids is 1. The SMILES string of the molecule is CC(Oc1ccc(/C=C2\SC(=Nc3ccc(O)c(C(=O)O)c3)NC2=O)cc1)C(=O)O. The molecule has 1 fully saturated rings. The fraction of sp³-hybridized carbons (Fsp3) is 0.100. The zero-order valence-corrected chi connectivity index (χ0v) is 16.3. The van der Waals surface area contributed by atoms with Gasteiger partial charge in [0.1, 0.15) is 17.1 Å². The van der Waals surface area contributed by atoms with Crippen molar-refractivity contribution in [2.45, 2.75) is 13.0 Å². The number of thioether (sulfide) groups is 1. The van der Waals surface area contributed by atoms with Crippen molar-refractivity contribution in [1.29, 1.82) is 0 Å². The standard InChI is InChI=1S/C20H16N2O7S/c1-10(18(25)26)29-13-5-2-11(3-6-13)8-16-17(24)22-20(30-16)21-12-4-7-15(23)14(9-12)19(27)28/h2-10,23H,1H3,(H,25,26)(H,27,28)(H,21,22,24)/b16-8-. The number of amidine groups is 1. The number of amides is 1. The molecule has 1 aliphatic heterocycles. The van der Waals surface area contributed by atoms with E-state index >= 15 is 0 Å². The molecule has 3 rings (SSSR count). The Balaban J connectivity index is 1.75. The zero-order valence-electron chi connectivity index (χ0n) is 15.5. The Morgan fingerprint density at radius 1 is 1.17 bits per heavy atom. The molecular formula is C20H16N2O7S. The lowest BCUT2D eigenvalue weighted by Crippen LogP contribution is -2.22. The van der Waals surface area contributed by atoms with Gasteiger partial charge >= 0.3 is 11.9 Å². The monoisotopic (exact) mass is 428 g/mol. The molecule has 0 spiro atoms. The van der Waals surface area contributed by atoms with Gasteiger partial charge in [-0.3, -0.25) is 4.79 Å². The summed E-state index contributed by atoms with van der Waals surface area (Å²) in [7, 11) is 0. The van der Waals surface area contributed by atoms with E-state index in [2.05, 4.69) is 10.3 Å². The molecule has 0 radical (unpaired) electrons. The van der Waals surface area contributed by atoms with Crippen molar-refractivity contribution in [1.82, 2.24) is 5.32 Å². The van der Waals surface area contributed by atoms with Gasteiger partial charge in [0, 0.05) is 0 Å². The summed E-state index contributed by atoms with van der Waals surface area (Å²) in [6.45, 7) is 1.42. The third kappa shape index (κ3) is 4.97. The fourth-order valence-corrected chi connectivity index (χ4v) is 3.25. The summed E-state index contributed by atoms with van der Waals surface area (Å²) < 4.78 is 5.26. The van der Waals surface area contributed by atoms with Crippen LogP contribution in [0, 0.1) is 0 Å². The molecule has 1 saturated heterocycles. The highest BCUT2D eigenvalue weighted by atomic mass is 32.2. The van der Waals surface area contributed by atoms with E-state index in [9.17, 15) is 19.5 Å². The van der Waals surface area contributed by atoms with E-state index in [1.54, 1.807) is 30.3 Å². The van der Waals surface area contributed by atoms with Crippen LogP contribution >= 0.6 is 11.8 Å². The van der Waals surface area contributed by atoms with Crippen LogP contribution < -0.4 is 10.1 Å². The molecule has 1 heterocycles. The molecular weight excluding hydrogens is 412 g/mol. The Labute approximate surface area is 174 Å². The number of rotatable bonds is 6. The van der Waals surface area contributed by atoms with Crippen LogP contribution in [0.25, 0.3) is 6.08 Å². The van der Waals surface area contributed by atoms with E-state index in [1.807, 2.05) is 0 Å². The largest absolute Gasteiger partial charge is 0.507 e. The molecule has 0 bridgehead atoms. The second-order valence-electron chi connectivity index (χ2n) is 6.16. The van der Waals surface area contributed by atoms with Crippen LogP contribution in [0.5, 0.6) is 11.5 Å². The van der Waals surface area contributed by atoms with Gasteiger partial charge in [0.2, 0.25) is 0 Å². The first-order valence-corrected chi connectivity index (χ1v) is 9.40. The lowest BCUT2D eigenvalue weighted by atomic mass is 10.2. The summed E-state index contributed by atoms with van der Waals surface area (Å²) in [4.78, 5) is 38.7. The van der Waals surface area contributed by atoms with Crippen LogP contribution in [0.1, 0.15) is 22.8 Å². The molecule has 10 heteroatoms. The number of aromatic hydroxyl groups is 1. The summed E-state index contributed by atoms with van der Waals surface area (Å²) in [5.74, 6) is -2.71. The number of carboxylic acids is 2. The van der Waals surface area contributed by atoms with Gasteiger partial charge in [-0.05, 0) is 60.7 Å². The Bertz CT molecular complexity index is 1080. The van der Waals surface area contributed by atoms with E-state index in [4.69, 9.17) is 14.9 Å². The lowest BCUT2D eigenvalue weighted by molar-refractivity contribution is -0.144. The maximum Gasteiger partial charge on any atom is 0.344 e. The number of aliphatic imine (C=N–C) groups is 1. The number of ether oxygens (including phenoxy) is 1. The van der Waals surface area contributed by atoms with Gasteiger partial charge in [0.25, 0.3) is 5.91 Å². The number of carbonyl (C=O) groups is 3. The van der Waals surface area contributed by atoms with Crippen LogP contribution in [-0.4, -0.2) is 44.4 Å². The van der Waals surface area contributed by atoms with Crippen LogP contribution in [0.4, 0.5) is 5.69 Å². The van der Waals surface area contributed by atoms with Crippen LogP contribution in [0.3, 0.4) is 0 Å². The summed E-state index contributed by atoms with van der Waals surface area (Å²) in [6, 6.07) is 10.4. The maximum absolute atomic E-state index is 12.2. The van der Waals surface area contributed by atoms with Crippen molar-refractivity contribution in [3.63, 3.8) is 0 Å². The van der Waals surface area contributed by atoms with Crippen molar-refractivity contribution >= 4 is 46.5 Å². The second-order valence-corrected chi connectivity index (χ2v) is 7.19. The number of hydrogen-bond acceptors (Lipinski definition) is 7. The predicted molar refractivity (Wildman–Crippen MR) is 110 cm³/mol. The minimum absolute atomic E-state index is 0.267. The van der Waals surface area contributed by atoms with Gasteiger partial charge in [-0.15, -0.1) is 0 Å². The number of nitrogens with zero attached hydrogens (tertiary/aromatic N) is 1. The highest BCUT2D eigenvalue weighted by molar-refractivity contribution is 8.18. The molecule has 1 atom stereocenters. The topological polar surface area (TPSA) is 146 Å². The second kappa shape index (κ2) is 8.70. The average Bonchev–Trinajstić information content (AvgIpc) is 3.03. The molecule has 9 nitrogen and oxygen atoms in total. The number of carbonyl (C=O) groups excluding carboxylic acids is 1. The molecule has 1 aliphatic rings. The van der Waals surface area contributed by atoms with E-state index in [1.165, 1.54) is 25.1 Å². The Morgan fingerprint density at radius 2 is 1.87 bits per heavy atom. The molecule has 1 unspecified atom stereocenters. The predicted octanol–water partition coefficient (Wildman–Crippen LogP) is 2.83. The summed E-state index contributed by atoms with van der Waals surface area (Å²) in [6.07, 6.45) is 0.651. The fourth-order valence-electron chi connectivity index (χ4n) is 2.41. The molecule has 0 aliphatic carbocycles. The van der Waals surface area contributed by atoms with Gasteiger partial charge < -0.3 is 25.4 Å². The van der Waals surface area contributed by atoms with E-state index in [0.717, 1.165) is 11.8 Å². The average molecular weight is 428 g/mol. The van der Waals surface area contributed by atoms with Crippen molar-refractivity contribution in [2.24, 2.45) is 4.99 Å². The normalized spacial score (nSPS) is 17.0. The van der Waals surface area contributed by atoms with Crippen molar-refractivity contribution in [3.8, 4) is 11.5 Å². The molecule has 30 heavy (non-hydrogen) atoms. The highest BCUT2D eigenvalue weighted by Gasteiger charge is 2.24. The summed E-state index contributed by atoms with van der Waals surface area (Å²) in [5.41, 5.74) is 0.673. The minimum Gasteiger partial charge on any atom is -0.507 e. The third-order valence-corrected chi connectivity index (χ3v) is 4.84. The van der Waals surface area contributed by atoms with Crippen molar-refractivity contribution in [2.75, 3.05) is 0 Å². The molecule has 2 aromatic rings. The number of benzene rings is 2. The van der Waals surface area contributed by atoms with Gasteiger partial charge in [-0.1, -0.05) is 12.1 Å². The lowest BCUT2D eigenvalue weighted by Gasteiger charge is -2.10. The number of nitrogens with one attached hydrogen (secondary N) is 1. The first-order valence-electron chi connectivity index (χ1n) is 8.58. The van der Waals surface area contributed by atoms with Crippen LogP contribution in [-0.2, 0) is 9.59 Å². The van der Waals surface area contributed by atoms with Crippen molar-refractivity contribution in [3.05, 3.63) is 58.5 Å². The number of carboxylic acid groups (broad SMARTS) is 2. The molecule has 2 aromatic carbocycles. The Kier molecular flexibility index (Phi) is 6.07. The quantitative estimate of drug-likeness (QED) is 0.514. The Morgan fingerprint density at radius 3 is 2.50 bits per heavy atom. The minimum atomic E-state index is -1.29. The van der Waals surface area contributed by atoms with E-state index < -0.39 is 18.0 Å². The number of phenols is 1. The van der Waals surface area contributed by atoms with Crippen molar-refractivity contribution < 1.29 is 34.4 Å². The molecule has 4 N–H and O–H groups in total. The molecule has 154 valence electrons.